The number of imide groups is 1. The van der Waals surface area contributed by atoms with Gasteiger partial charge in [0.05, 0.1) is 19.2 Å². The van der Waals surface area contributed by atoms with Crippen molar-refractivity contribution in [3.8, 4) is 0 Å². The summed E-state index contributed by atoms with van der Waals surface area (Å²) in [6.45, 7) is -0.194. The number of amidine groups is 1. The van der Waals surface area contributed by atoms with Crippen LogP contribution in [0.25, 0.3) is 0 Å². The normalized spacial score (nSPS) is 18.6. The first-order valence-corrected chi connectivity index (χ1v) is 8.15. The van der Waals surface area contributed by atoms with E-state index in [-0.39, 0.29) is 17.9 Å². The van der Waals surface area contributed by atoms with Crippen molar-refractivity contribution in [1.82, 2.24) is 24.8 Å². The minimum Gasteiger partial charge on any atom is -0.545 e. The van der Waals surface area contributed by atoms with Crippen molar-refractivity contribution in [1.29, 1.82) is 0 Å². The molecule has 1 fully saturated rings. The summed E-state index contributed by atoms with van der Waals surface area (Å²) in [5.74, 6) is -1.99. The molecule has 0 bridgehead atoms. The lowest BCUT2D eigenvalue weighted by molar-refractivity contribution is -0.255. The Kier molecular flexibility index (Phi) is 4.92. The second-order valence-corrected chi connectivity index (χ2v) is 6.12. The van der Waals surface area contributed by atoms with Gasteiger partial charge in [-0.05, 0) is 11.1 Å². The van der Waals surface area contributed by atoms with Crippen molar-refractivity contribution in [2.45, 2.75) is 6.04 Å². The van der Waals surface area contributed by atoms with Crippen molar-refractivity contribution in [2.75, 3.05) is 20.6 Å². The number of carbonyl (C=O) groups excluding carboxylic acids is 4. The monoisotopic (exact) mass is 384 g/mol. The lowest BCUT2D eigenvalue weighted by Crippen LogP contribution is -2.63. The Morgan fingerprint density at radius 1 is 1.21 bits per heavy atom. The van der Waals surface area contributed by atoms with Crippen LogP contribution in [0.15, 0.2) is 29.4 Å². The maximum Gasteiger partial charge on any atom is 0.389 e. The lowest BCUT2D eigenvalue weighted by Gasteiger charge is -2.29. The lowest BCUT2D eigenvalue weighted by atomic mass is 10.1. The van der Waals surface area contributed by atoms with Gasteiger partial charge >= 0.3 is 11.9 Å². The quantitative estimate of drug-likeness (QED) is 0.330. The maximum absolute atomic E-state index is 12.4. The van der Waals surface area contributed by atoms with Crippen LogP contribution in [0.5, 0.6) is 0 Å². The standard InChI is InChI=1S/C17H16N6O5/c1-21-14-13(15(25)22(2)17(21)28)23(9-18-14)8-12(24)20-19-7-10-3-5-11(6-4-10)16(26)27/h3-7,9,13H,8H2,1-2H3,(H-,20,24,26,27)/b19-7+. The van der Waals surface area contributed by atoms with Gasteiger partial charge in [-0.15, -0.1) is 0 Å². The Labute approximate surface area is 159 Å². The number of benzene rings is 1. The molecule has 3 rings (SSSR count). The van der Waals surface area contributed by atoms with Crippen molar-refractivity contribution in [3.63, 3.8) is 0 Å². The summed E-state index contributed by atoms with van der Waals surface area (Å²) in [6, 6.07) is 4.41. The molecule has 0 radical (unpaired) electrons. The maximum atomic E-state index is 12.4. The summed E-state index contributed by atoms with van der Waals surface area (Å²) < 4.78 is 4.06. The highest BCUT2D eigenvalue weighted by Crippen LogP contribution is 2.15. The number of carboxylic acid groups (broad SMARTS) is 1. The molecular weight excluding hydrogens is 368 g/mol. The van der Waals surface area contributed by atoms with Gasteiger partial charge in [-0.25, -0.2) is 14.9 Å². The molecule has 2 aliphatic heterocycles. The molecule has 2 heterocycles. The number of likely N-dealkylation sites (N-methyl/N-ethyl adjacent to an activating group) is 2. The van der Waals surface area contributed by atoms with Crippen LogP contribution in [0.3, 0.4) is 0 Å². The van der Waals surface area contributed by atoms with E-state index in [1.54, 1.807) is 0 Å². The van der Waals surface area contributed by atoms with E-state index in [2.05, 4.69) is 15.2 Å². The molecule has 11 heteroatoms. The Bertz CT molecular complexity index is 947. The van der Waals surface area contributed by atoms with Crippen LogP contribution in [0, 0.1) is 0 Å². The van der Waals surface area contributed by atoms with Crippen molar-refractivity contribution in [3.05, 3.63) is 35.4 Å². The molecule has 1 aromatic carbocycles. The third-order valence-electron chi connectivity index (χ3n) is 4.27. The van der Waals surface area contributed by atoms with Crippen molar-refractivity contribution in [2.24, 2.45) is 5.10 Å². The summed E-state index contributed by atoms with van der Waals surface area (Å²) in [5, 5.41) is 14.5. The number of hydrogen-bond donors (Lipinski definition) is 1. The molecule has 1 aromatic rings. The topological polar surface area (TPSA) is 140 Å². The number of aromatic carboxylic acids is 1. The van der Waals surface area contributed by atoms with Crippen molar-refractivity contribution < 1.29 is 24.3 Å². The van der Waals surface area contributed by atoms with Crippen LogP contribution in [0.1, 0.15) is 15.9 Å². The molecule has 0 saturated carbocycles. The summed E-state index contributed by atoms with van der Waals surface area (Å²) in [5.41, 5.74) is 2.93. The highest BCUT2D eigenvalue weighted by Gasteiger charge is 2.53. The number of amides is 4. The second kappa shape index (κ2) is 7.33. The smallest absolute Gasteiger partial charge is 0.389 e. The first-order chi connectivity index (χ1) is 13.3. The Hall–Kier alpha value is -3.98. The van der Waals surface area contributed by atoms with E-state index < -0.39 is 29.9 Å². The molecule has 0 spiro atoms. The molecule has 28 heavy (non-hydrogen) atoms. The van der Waals surface area contributed by atoms with Gasteiger partial charge in [0.1, 0.15) is 6.54 Å². The zero-order chi connectivity index (χ0) is 20.4. The van der Waals surface area contributed by atoms with Gasteiger partial charge in [-0.2, -0.15) is 10.0 Å². The third kappa shape index (κ3) is 3.46. The zero-order valence-electron chi connectivity index (χ0n) is 15.0. The SMILES string of the molecule is CN1C(=O)C2C(=[N+]=CN2CC(=O)N/N=C/c2ccc(C(=O)[O-])cc2)N(C)C1=O. The number of urea groups is 1. The van der Waals surface area contributed by atoms with Crippen molar-refractivity contribution >= 4 is 42.2 Å². The Morgan fingerprint density at radius 2 is 1.89 bits per heavy atom. The first-order valence-electron chi connectivity index (χ1n) is 8.15. The summed E-state index contributed by atoms with van der Waals surface area (Å²) in [4.78, 5) is 50.7. The number of carboxylic acids is 1. The summed E-state index contributed by atoms with van der Waals surface area (Å²) >= 11 is 0. The molecule has 0 aromatic heterocycles. The van der Waals surface area contributed by atoms with Gasteiger partial charge in [0.15, 0.2) is 0 Å². The van der Waals surface area contributed by atoms with E-state index in [0.717, 1.165) is 4.90 Å². The predicted octanol–water partition coefficient (Wildman–Crippen LogP) is -2.80. The number of hydrogen-bond acceptors (Lipinski definition) is 7. The zero-order valence-corrected chi connectivity index (χ0v) is 15.0. The molecule has 144 valence electrons. The Morgan fingerprint density at radius 3 is 2.54 bits per heavy atom. The summed E-state index contributed by atoms with van der Waals surface area (Å²) in [6.07, 6.45) is 2.68. The van der Waals surface area contributed by atoms with Crippen LogP contribution < -0.4 is 15.2 Å². The molecule has 2 aliphatic rings. The van der Waals surface area contributed by atoms with Crippen LogP contribution in [-0.4, -0.2) is 83.6 Å². The first kappa shape index (κ1) is 18.8. The number of carbonyl (C=O) groups is 4. The minimum absolute atomic E-state index is 0.0344. The molecule has 1 unspecified atom stereocenters. The highest BCUT2D eigenvalue weighted by molar-refractivity contribution is 6.22. The highest BCUT2D eigenvalue weighted by atomic mass is 16.4. The van der Waals surface area contributed by atoms with E-state index in [1.807, 2.05) is 0 Å². The average molecular weight is 384 g/mol. The largest absolute Gasteiger partial charge is 0.545 e. The number of nitrogens with zero attached hydrogens (tertiary/aromatic N) is 5. The molecule has 1 N–H and O–H groups in total. The number of hydrazone groups is 1. The fraction of sp³-hybridized carbons (Fsp3) is 0.235. The van der Waals surface area contributed by atoms with E-state index >= 15 is 0 Å². The number of rotatable bonds is 5. The van der Waals surface area contributed by atoms with E-state index in [0.29, 0.717) is 5.56 Å². The number of fused-ring (bicyclic) bond motifs is 1. The Balaban J connectivity index is 1.58. The molecule has 1 saturated heterocycles. The number of nitrogens with one attached hydrogen (secondary N) is 1. The van der Waals surface area contributed by atoms with E-state index in [9.17, 15) is 24.3 Å². The van der Waals surface area contributed by atoms with Crippen LogP contribution >= 0.6 is 0 Å². The van der Waals surface area contributed by atoms with E-state index in [4.69, 9.17) is 0 Å². The molecule has 4 amide bonds. The second-order valence-electron chi connectivity index (χ2n) is 6.12. The van der Waals surface area contributed by atoms with Crippen LogP contribution in [-0.2, 0) is 9.59 Å². The predicted molar refractivity (Wildman–Crippen MR) is 96.1 cm³/mol. The molecule has 0 aliphatic carbocycles. The van der Waals surface area contributed by atoms with Gasteiger partial charge < -0.3 is 9.90 Å². The van der Waals surface area contributed by atoms with Gasteiger partial charge in [0, 0.05) is 7.05 Å². The minimum atomic E-state index is -1.28. The summed E-state index contributed by atoms with van der Waals surface area (Å²) in [7, 11) is 2.87. The van der Waals surface area contributed by atoms with Crippen LogP contribution in [0.2, 0.25) is 0 Å². The fourth-order valence-corrected chi connectivity index (χ4v) is 2.76. The molecule has 11 nitrogen and oxygen atoms in total. The molecular formula is C17H16N6O5. The van der Waals surface area contributed by atoms with Gasteiger partial charge in [-0.1, -0.05) is 24.3 Å². The fourth-order valence-electron chi connectivity index (χ4n) is 2.76. The van der Waals surface area contributed by atoms with Gasteiger partial charge in [-0.3, -0.25) is 19.4 Å². The van der Waals surface area contributed by atoms with E-state index in [1.165, 1.54) is 60.7 Å². The van der Waals surface area contributed by atoms with Gasteiger partial charge in [0.2, 0.25) is 0 Å². The van der Waals surface area contributed by atoms with Crippen LogP contribution in [0.4, 0.5) is 4.79 Å². The van der Waals surface area contributed by atoms with Gasteiger partial charge in [0.25, 0.3) is 24.2 Å². The average Bonchev–Trinajstić information content (AvgIpc) is 3.08. The third-order valence-corrected chi connectivity index (χ3v) is 4.27. The molecule has 1 atom stereocenters.